The summed E-state index contributed by atoms with van der Waals surface area (Å²) in [6.45, 7) is 1.98. The van der Waals surface area contributed by atoms with E-state index in [0.29, 0.717) is 11.4 Å². The second-order valence-electron chi connectivity index (χ2n) is 3.19. The highest BCUT2D eigenvalue weighted by molar-refractivity contribution is 6.32. The zero-order valence-corrected chi connectivity index (χ0v) is 9.34. The lowest BCUT2D eigenvalue weighted by Gasteiger charge is -2.02. The first-order chi connectivity index (χ1) is 7.72. The molecule has 2 aromatic rings. The number of halogens is 1. The highest BCUT2D eigenvalue weighted by atomic mass is 35.5. The molecule has 2 rings (SSSR count). The molecule has 0 unspecified atom stereocenters. The normalized spacial score (nSPS) is 10.4. The summed E-state index contributed by atoms with van der Waals surface area (Å²) < 4.78 is 4.84. The van der Waals surface area contributed by atoms with Crippen molar-refractivity contribution in [3.8, 4) is 0 Å². The van der Waals surface area contributed by atoms with Gasteiger partial charge in [0.1, 0.15) is 5.82 Å². The minimum Gasteiger partial charge on any atom is -0.452 e. The quantitative estimate of drug-likeness (QED) is 0.864. The number of nitrogens with zero attached hydrogens (tertiary/aromatic N) is 1. The third kappa shape index (κ3) is 1.94. The number of hydrogen-bond donors (Lipinski definition) is 2. The van der Waals surface area contributed by atoms with Crippen LogP contribution in [-0.4, -0.2) is 16.1 Å². The summed E-state index contributed by atoms with van der Waals surface area (Å²) in [4.78, 5) is 11.8. The molecular formula is C10H10ClN3O2. The van der Waals surface area contributed by atoms with Crippen LogP contribution in [0.25, 0.3) is 0 Å². The standard InChI is InChI=1S/C10H10ClN3O2/c1-2-6-5-12-14-9(6)13-10(15)7-3-4-16-8(7)11/h3-5H,2H2,1H3,(H2,12,13,14,15). The number of carbonyl (C=O) groups is 1. The topological polar surface area (TPSA) is 70.9 Å². The summed E-state index contributed by atoms with van der Waals surface area (Å²) in [6.07, 6.45) is 3.82. The molecular weight excluding hydrogens is 230 g/mol. The molecule has 1 amide bonds. The number of rotatable bonds is 3. The first-order valence-electron chi connectivity index (χ1n) is 4.79. The summed E-state index contributed by atoms with van der Waals surface area (Å²) in [6, 6.07) is 1.51. The van der Waals surface area contributed by atoms with Crippen molar-refractivity contribution in [3.63, 3.8) is 0 Å². The lowest BCUT2D eigenvalue weighted by atomic mass is 10.2. The molecule has 0 aliphatic heterocycles. The van der Waals surface area contributed by atoms with Crippen molar-refractivity contribution >= 4 is 23.3 Å². The van der Waals surface area contributed by atoms with Gasteiger partial charge in [-0.15, -0.1) is 0 Å². The Morgan fingerprint density at radius 2 is 2.50 bits per heavy atom. The van der Waals surface area contributed by atoms with Crippen molar-refractivity contribution in [2.75, 3.05) is 5.32 Å². The molecule has 0 aromatic carbocycles. The van der Waals surface area contributed by atoms with E-state index in [1.807, 2.05) is 6.92 Å². The lowest BCUT2D eigenvalue weighted by Crippen LogP contribution is -2.12. The molecule has 84 valence electrons. The van der Waals surface area contributed by atoms with Crippen LogP contribution < -0.4 is 5.32 Å². The maximum absolute atomic E-state index is 11.8. The predicted molar refractivity (Wildman–Crippen MR) is 59.6 cm³/mol. The molecule has 0 saturated carbocycles. The molecule has 0 radical (unpaired) electrons. The monoisotopic (exact) mass is 239 g/mol. The van der Waals surface area contributed by atoms with E-state index in [-0.39, 0.29) is 11.1 Å². The second-order valence-corrected chi connectivity index (χ2v) is 3.53. The SMILES string of the molecule is CCc1cn[nH]c1NC(=O)c1ccoc1Cl. The number of furan rings is 1. The van der Waals surface area contributed by atoms with Crippen LogP contribution in [0.3, 0.4) is 0 Å². The van der Waals surface area contributed by atoms with Gasteiger partial charge < -0.3 is 9.73 Å². The summed E-state index contributed by atoms with van der Waals surface area (Å²) in [5, 5.41) is 9.33. The van der Waals surface area contributed by atoms with Crippen LogP contribution in [0.1, 0.15) is 22.8 Å². The van der Waals surface area contributed by atoms with E-state index in [2.05, 4.69) is 15.5 Å². The van der Waals surface area contributed by atoms with E-state index in [4.69, 9.17) is 16.0 Å². The molecule has 5 nitrogen and oxygen atoms in total. The summed E-state index contributed by atoms with van der Waals surface area (Å²) in [5.74, 6) is 0.266. The van der Waals surface area contributed by atoms with Crippen molar-refractivity contribution in [2.45, 2.75) is 13.3 Å². The van der Waals surface area contributed by atoms with Gasteiger partial charge in [0.15, 0.2) is 0 Å². The Balaban J connectivity index is 2.17. The van der Waals surface area contributed by atoms with Crippen LogP contribution in [0.4, 0.5) is 5.82 Å². The smallest absolute Gasteiger partial charge is 0.261 e. The largest absolute Gasteiger partial charge is 0.452 e. The van der Waals surface area contributed by atoms with E-state index in [1.54, 1.807) is 6.20 Å². The van der Waals surface area contributed by atoms with Gasteiger partial charge >= 0.3 is 0 Å². The number of anilines is 1. The fraction of sp³-hybridized carbons (Fsp3) is 0.200. The van der Waals surface area contributed by atoms with Gasteiger partial charge in [0.05, 0.1) is 18.0 Å². The first kappa shape index (κ1) is 10.8. The highest BCUT2D eigenvalue weighted by Crippen LogP contribution is 2.19. The van der Waals surface area contributed by atoms with E-state index in [9.17, 15) is 4.79 Å². The van der Waals surface area contributed by atoms with E-state index < -0.39 is 0 Å². The molecule has 2 heterocycles. The van der Waals surface area contributed by atoms with Crippen LogP contribution in [0.15, 0.2) is 22.9 Å². The molecule has 0 saturated heterocycles. The fourth-order valence-electron chi connectivity index (χ4n) is 1.32. The van der Waals surface area contributed by atoms with Crippen LogP contribution in [-0.2, 0) is 6.42 Å². The Hall–Kier alpha value is -1.75. The number of aromatic amines is 1. The zero-order chi connectivity index (χ0) is 11.5. The Kier molecular flexibility index (Phi) is 2.96. The molecule has 16 heavy (non-hydrogen) atoms. The highest BCUT2D eigenvalue weighted by Gasteiger charge is 2.14. The second kappa shape index (κ2) is 4.40. The number of carbonyl (C=O) groups excluding carboxylic acids is 1. The Bertz CT molecular complexity index is 504. The summed E-state index contributed by atoms with van der Waals surface area (Å²) in [7, 11) is 0. The van der Waals surface area contributed by atoms with Crippen LogP contribution in [0.2, 0.25) is 5.22 Å². The maximum Gasteiger partial charge on any atom is 0.261 e. The van der Waals surface area contributed by atoms with Gasteiger partial charge in [-0.3, -0.25) is 9.89 Å². The van der Waals surface area contributed by atoms with Gasteiger partial charge in [-0.1, -0.05) is 6.92 Å². The molecule has 0 aliphatic carbocycles. The number of amides is 1. The minimum atomic E-state index is -0.322. The van der Waals surface area contributed by atoms with Gasteiger partial charge in [-0.2, -0.15) is 5.10 Å². The predicted octanol–water partition coefficient (Wildman–Crippen LogP) is 2.47. The van der Waals surface area contributed by atoms with Crippen molar-refractivity contribution in [1.82, 2.24) is 10.2 Å². The number of hydrogen-bond acceptors (Lipinski definition) is 3. The average molecular weight is 240 g/mol. The third-order valence-electron chi connectivity index (χ3n) is 2.20. The fourth-order valence-corrected chi connectivity index (χ4v) is 1.52. The number of nitrogens with one attached hydrogen (secondary N) is 2. The molecule has 6 heteroatoms. The lowest BCUT2D eigenvalue weighted by molar-refractivity contribution is 0.102. The van der Waals surface area contributed by atoms with E-state index >= 15 is 0 Å². The molecule has 0 spiro atoms. The van der Waals surface area contributed by atoms with Gasteiger partial charge in [-0.25, -0.2) is 0 Å². The van der Waals surface area contributed by atoms with Gasteiger partial charge in [0.2, 0.25) is 5.22 Å². The third-order valence-corrected chi connectivity index (χ3v) is 2.49. The average Bonchev–Trinajstić information content (AvgIpc) is 2.86. The van der Waals surface area contributed by atoms with Crippen molar-refractivity contribution in [2.24, 2.45) is 0 Å². The number of aromatic nitrogens is 2. The molecule has 2 aromatic heterocycles. The molecule has 2 N–H and O–H groups in total. The summed E-state index contributed by atoms with van der Waals surface area (Å²) >= 11 is 5.70. The van der Waals surface area contributed by atoms with E-state index in [1.165, 1.54) is 12.3 Å². The first-order valence-corrected chi connectivity index (χ1v) is 5.16. The van der Waals surface area contributed by atoms with Crippen LogP contribution >= 0.6 is 11.6 Å². The zero-order valence-electron chi connectivity index (χ0n) is 8.58. The number of H-pyrrole nitrogens is 1. The van der Waals surface area contributed by atoms with Crippen LogP contribution in [0.5, 0.6) is 0 Å². The summed E-state index contributed by atoms with van der Waals surface area (Å²) in [5.41, 5.74) is 1.24. The maximum atomic E-state index is 11.8. The van der Waals surface area contributed by atoms with Gasteiger partial charge in [0.25, 0.3) is 5.91 Å². The molecule has 0 atom stereocenters. The molecule has 0 aliphatic rings. The van der Waals surface area contributed by atoms with Crippen LogP contribution in [0, 0.1) is 0 Å². The van der Waals surface area contributed by atoms with Crippen molar-refractivity contribution < 1.29 is 9.21 Å². The van der Waals surface area contributed by atoms with Crippen molar-refractivity contribution in [3.05, 3.63) is 34.9 Å². The van der Waals surface area contributed by atoms with Gasteiger partial charge in [-0.05, 0) is 24.1 Å². The Morgan fingerprint density at radius 1 is 1.69 bits per heavy atom. The van der Waals surface area contributed by atoms with E-state index in [0.717, 1.165) is 12.0 Å². The minimum absolute atomic E-state index is 0.0788. The molecule has 0 bridgehead atoms. The molecule has 0 fully saturated rings. The van der Waals surface area contributed by atoms with Gasteiger partial charge in [0, 0.05) is 5.56 Å². The Morgan fingerprint density at radius 3 is 3.12 bits per heavy atom. The number of aryl methyl sites for hydroxylation is 1. The van der Waals surface area contributed by atoms with Crippen molar-refractivity contribution in [1.29, 1.82) is 0 Å². The Labute approximate surface area is 96.8 Å².